The van der Waals surface area contributed by atoms with Gasteiger partial charge in [0, 0.05) is 19.3 Å². The molecule has 1 N–H and O–H groups in total. The molecule has 3 fully saturated rings. The van der Waals surface area contributed by atoms with Crippen LogP contribution < -0.4 is 0 Å². The Morgan fingerprint density at radius 2 is 2.00 bits per heavy atom. The summed E-state index contributed by atoms with van der Waals surface area (Å²) >= 11 is 0. The largest absolute Gasteiger partial charge is 0.462 e. The number of carbonyl (C=O) groups excluding carboxylic acids is 2. The SMILES string of the molecule is CC(=O)O[C@@H]1CC[C@H]2C(=CC[C@@H]3[C@@H]2CC[C@]2(C)[C@@H](C(=O)CO)CC[C@@H]32)C1. The van der Waals surface area contributed by atoms with Gasteiger partial charge in [0.1, 0.15) is 12.7 Å². The first kappa shape index (κ1) is 18.2. The molecule has 0 aromatic carbocycles. The van der Waals surface area contributed by atoms with E-state index in [0.717, 1.165) is 50.9 Å². The molecule has 0 saturated heterocycles. The van der Waals surface area contributed by atoms with Crippen LogP contribution in [0, 0.1) is 35.0 Å². The number of esters is 1. The summed E-state index contributed by atoms with van der Waals surface area (Å²) < 4.78 is 5.47. The molecule has 4 nitrogen and oxygen atoms in total. The van der Waals surface area contributed by atoms with Gasteiger partial charge in [-0.1, -0.05) is 18.6 Å². The molecule has 4 aliphatic carbocycles. The van der Waals surface area contributed by atoms with Crippen molar-refractivity contribution in [2.45, 2.75) is 71.3 Å². The highest BCUT2D eigenvalue weighted by atomic mass is 16.5. The summed E-state index contributed by atoms with van der Waals surface area (Å²) in [5.41, 5.74) is 1.61. The van der Waals surface area contributed by atoms with E-state index in [9.17, 15) is 14.7 Å². The van der Waals surface area contributed by atoms with Gasteiger partial charge in [-0.3, -0.25) is 9.59 Å². The first-order chi connectivity index (χ1) is 12.4. The molecule has 0 aliphatic heterocycles. The minimum Gasteiger partial charge on any atom is -0.462 e. The Morgan fingerprint density at radius 3 is 2.73 bits per heavy atom. The Morgan fingerprint density at radius 1 is 1.19 bits per heavy atom. The lowest BCUT2D eigenvalue weighted by Crippen LogP contribution is -2.47. The molecule has 4 rings (SSSR count). The zero-order valence-electron chi connectivity index (χ0n) is 16.1. The summed E-state index contributed by atoms with van der Waals surface area (Å²) in [5.74, 6) is 2.63. The van der Waals surface area contributed by atoms with Crippen molar-refractivity contribution in [3.63, 3.8) is 0 Å². The number of hydrogen-bond donors (Lipinski definition) is 1. The van der Waals surface area contributed by atoms with Crippen molar-refractivity contribution >= 4 is 11.8 Å². The molecule has 0 heterocycles. The van der Waals surface area contributed by atoms with Crippen LogP contribution in [0.3, 0.4) is 0 Å². The third-order valence-corrected chi connectivity index (χ3v) is 8.28. The molecule has 0 aromatic rings. The van der Waals surface area contributed by atoms with Crippen LogP contribution >= 0.6 is 0 Å². The lowest BCUT2D eigenvalue weighted by Gasteiger charge is -2.53. The molecule has 0 amide bonds. The molecule has 0 bridgehead atoms. The van der Waals surface area contributed by atoms with E-state index in [-0.39, 0.29) is 35.8 Å². The predicted molar refractivity (Wildman–Crippen MR) is 98.2 cm³/mol. The maximum Gasteiger partial charge on any atom is 0.302 e. The van der Waals surface area contributed by atoms with Crippen LogP contribution in [0.5, 0.6) is 0 Å². The summed E-state index contributed by atoms with van der Waals surface area (Å²) in [6, 6.07) is 0. The standard InChI is InChI=1S/C22H32O4/c1-13(24)26-15-4-6-16-14(11-15)3-5-18-17(16)9-10-22(2)19(18)7-8-20(22)21(25)12-23/h3,15-20,23H,4-12H2,1-2H3/t15-,16+,17-,18-,19+,20-,22+/m1/s1. The Hall–Kier alpha value is -1.16. The maximum atomic E-state index is 12.3. The average Bonchev–Trinajstić information content (AvgIpc) is 2.97. The fraction of sp³-hybridized carbons (Fsp3) is 0.818. The van der Waals surface area contributed by atoms with Crippen LogP contribution in [-0.4, -0.2) is 29.6 Å². The van der Waals surface area contributed by atoms with E-state index >= 15 is 0 Å². The van der Waals surface area contributed by atoms with Crippen molar-refractivity contribution in [3.05, 3.63) is 11.6 Å². The molecule has 4 heteroatoms. The van der Waals surface area contributed by atoms with E-state index < -0.39 is 0 Å². The monoisotopic (exact) mass is 360 g/mol. The average molecular weight is 360 g/mol. The second-order valence-corrected chi connectivity index (χ2v) is 9.37. The highest BCUT2D eigenvalue weighted by Crippen LogP contribution is 2.63. The smallest absolute Gasteiger partial charge is 0.302 e. The van der Waals surface area contributed by atoms with Gasteiger partial charge in [0.05, 0.1) is 0 Å². The van der Waals surface area contributed by atoms with E-state index in [1.807, 2.05) is 0 Å². The number of allylic oxidation sites excluding steroid dienone is 1. The molecule has 26 heavy (non-hydrogen) atoms. The van der Waals surface area contributed by atoms with Gasteiger partial charge in [0.15, 0.2) is 5.78 Å². The minimum atomic E-state index is -0.300. The molecule has 0 spiro atoms. The summed E-state index contributed by atoms with van der Waals surface area (Å²) in [4.78, 5) is 23.6. The van der Waals surface area contributed by atoms with Crippen LogP contribution in [0.1, 0.15) is 65.2 Å². The quantitative estimate of drug-likeness (QED) is 0.616. The molecular weight excluding hydrogens is 328 g/mol. The van der Waals surface area contributed by atoms with Gasteiger partial charge in [-0.15, -0.1) is 0 Å². The lowest BCUT2D eigenvalue weighted by molar-refractivity contribution is -0.148. The number of Topliss-reactive ketones (excluding diaryl/α,β-unsaturated/α-hetero) is 1. The zero-order valence-corrected chi connectivity index (χ0v) is 16.1. The number of aliphatic hydroxyl groups is 1. The second-order valence-electron chi connectivity index (χ2n) is 9.37. The van der Waals surface area contributed by atoms with Crippen LogP contribution in [-0.2, 0) is 14.3 Å². The van der Waals surface area contributed by atoms with Crippen molar-refractivity contribution in [1.82, 2.24) is 0 Å². The van der Waals surface area contributed by atoms with Crippen molar-refractivity contribution in [1.29, 1.82) is 0 Å². The van der Waals surface area contributed by atoms with E-state index in [1.165, 1.54) is 18.9 Å². The van der Waals surface area contributed by atoms with E-state index in [1.54, 1.807) is 0 Å². The molecule has 3 saturated carbocycles. The molecule has 0 radical (unpaired) electrons. The summed E-state index contributed by atoms with van der Waals surface area (Å²) in [6.45, 7) is 3.52. The Labute approximate surface area is 156 Å². The minimum absolute atomic E-state index is 0.0578. The van der Waals surface area contributed by atoms with Crippen molar-refractivity contribution in [2.75, 3.05) is 6.61 Å². The molecule has 4 aliphatic rings. The summed E-state index contributed by atoms with van der Waals surface area (Å²) in [6.07, 6.45) is 11.1. The van der Waals surface area contributed by atoms with Gasteiger partial charge in [0.25, 0.3) is 0 Å². The van der Waals surface area contributed by atoms with Crippen molar-refractivity contribution < 1.29 is 19.4 Å². The lowest BCUT2D eigenvalue weighted by atomic mass is 9.51. The number of carbonyl (C=O) groups is 2. The normalized spacial score (nSPS) is 44.3. The van der Waals surface area contributed by atoms with Gasteiger partial charge in [-0.2, -0.15) is 0 Å². The van der Waals surface area contributed by atoms with Crippen LogP contribution in [0.15, 0.2) is 11.6 Å². The Bertz CT molecular complexity index is 624. The fourth-order valence-electron chi connectivity index (χ4n) is 7.21. The molecule has 0 unspecified atom stereocenters. The molecule has 7 atom stereocenters. The molecule has 144 valence electrons. The summed E-state index contributed by atoms with van der Waals surface area (Å²) in [7, 11) is 0. The number of aliphatic hydroxyl groups excluding tert-OH is 1. The number of hydrogen-bond acceptors (Lipinski definition) is 4. The van der Waals surface area contributed by atoms with E-state index in [0.29, 0.717) is 17.8 Å². The van der Waals surface area contributed by atoms with E-state index in [4.69, 9.17) is 4.74 Å². The van der Waals surface area contributed by atoms with Gasteiger partial charge in [-0.25, -0.2) is 0 Å². The van der Waals surface area contributed by atoms with Crippen molar-refractivity contribution in [3.8, 4) is 0 Å². The third kappa shape index (κ3) is 2.85. The van der Waals surface area contributed by atoms with Crippen LogP contribution in [0.2, 0.25) is 0 Å². The van der Waals surface area contributed by atoms with Gasteiger partial charge in [-0.05, 0) is 74.0 Å². The molecular formula is C22H32O4. The molecule has 0 aromatic heterocycles. The van der Waals surface area contributed by atoms with Crippen LogP contribution in [0.25, 0.3) is 0 Å². The number of ether oxygens (including phenoxy) is 1. The van der Waals surface area contributed by atoms with E-state index in [2.05, 4.69) is 13.0 Å². The highest BCUT2D eigenvalue weighted by Gasteiger charge is 2.57. The maximum absolute atomic E-state index is 12.3. The van der Waals surface area contributed by atoms with Gasteiger partial charge < -0.3 is 9.84 Å². The third-order valence-electron chi connectivity index (χ3n) is 8.28. The highest BCUT2D eigenvalue weighted by molar-refractivity contribution is 5.83. The topological polar surface area (TPSA) is 63.6 Å². The Balaban J connectivity index is 1.52. The number of rotatable bonds is 3. The zero-order chi connectivity index (χ0) is 18.5. The Kier molecular flexibility index (Phi) is 4.75. The van der Waals surface area contributed by atoms with Gasteiger partial charge in [0.2, 0.25) is 0 Å². The second kappa shape index (κ2) is 6.78. The summed E-state index contributed by atoms with van der Waals surface area (Å²) in [5, 5.41) is 9.38. The first-order valence-corrected chi connectivity index (χ1v) is 10.4. The predicted octanol–water partition coefficient (Wildman–Crippen LogP) is 3.67. The first-order valence-electron chi connectivity index (χ1n) is 10.4. The van der Waals surface area contributed by atoms with Crippen LogP contribution in [0.4, 0.5) is 0 Å². The fourth-order valence-corrected chi connectivity index (χ4v) is 7.21. The number of fused-ring (bicyclic) bond motifs is 5. The van der Waals surface area contributed by atoms with Crippen molar-refractivity contribution in [2.24, 2.45) is 35.0 Å². The van der Waals surface area contributed by atoms with Gasteiger partial charge >= 0.3 is 5.97 Å². The number of ketones is 1.